The Morgan fingerprint density at radius 3 is 2.41 bits per heavy atom. The largest absolute Gasteiger partial charge is 0.507 e. The molecule has 0 bridgehead atoms. The number of rotatable bonds is 7. The number of Topliss-reactive ketones (excluding diaryl/α,β-unsaturated/α-hetero) is 1. The zero-order chi connectivity index (χ0) is 26.1. The van der Waals surface area contributed by atoms with Gasteiger partial charge in [0.1, 0.15) is 23.0 Å². The Balaban J connectivity index is 1.69. The summed E-state index contributed by atoms with van der Waals surface area (Å²) >= 11 is 1.27. The number of thiazole rings is 1. The molecule has 1 fully saturated rings. The second kappa shape index (κ2) is 9.94. The van der Waals surface area contributed by atoms with E-state index in [1.165, 1.54) is 23.3 Å². The molecule has 0 aliphatic carbocycles. The molecule has 1 saturated heterocycles. The Kier molecular flexibility index (Phi) is 6.54. The molecule has 1 amide bonds. The number of methoxy groups -OCH3 is 2. The fraction of sp³-hybridized carbons (Fsp3) is 0.179. The maximum atomic E-state index is 13.5. The number of aromatic nitrogens is 1. The average molecular weight is 517 g/mol. The van der Waals surface area contributed by atoms with Gasteiger partial charge in [0, 0.05) is 5.56 Å². The third-order valence-electron chi connectivity index (χ3n) is 6.08. The Bertz CT molecular complexity index is 1530. The molecule has 37 heavy (non-hydrogen) atoms. The highest BCUT2D eigenvalue weighted by molar-refractivity contribution is 7.22. The van der Waals surface area contributed by atoms with Crippen LogP contribution in [0.25, 0.3) is 16.0 Å². The fourth-order valence-electron chi connectivity index (χ4n) is 4.31. The van der Waals surface area contributed by atoms with Crippen LogP contribution in [0, 0.1) is 0 Å². The van der Waals surface area contributed by atoms with Crippen LogP contribution in [0.5, 0.6) is 17.2 Å². The standard InChI is InChI=1S/C28H24N2O6S/c1-4-36-20-12-13-21-22(15-20)37-28(29-21)30-24(16-8-10-18(34-2)11-9-16)23(26(32)27(30)33)25(31)17-6-5-7-19(14-17)35-3/h5-15,24,31H,4H2,1-3H3. The second-order valence-corrected chi connectivity index (χ2v) is 9.24. The maximum absolute atomic E-state index is 13.5. The van der Waals surface area contributed by atoms with Crippen molar-refractivity contribution in [3.05, 3.63) is 83.4 Å². The van der Waals surface area contributed by atoms with Crippen molar-refractivity contribution >= 4 is 44.1 Å². The van der Waals surface area contributed by atoms with Gasteiger partial charge in [-0.25, -0.2) is 4.98 Å². The number of ketones is 1. The molecule has 1 aliphatic heterocycles. The van der Waals surface area contributed by atoms with Gasteiger partial charge in [0.2, 0.25) is 0 Å². The van der Waals surface area contributed by atoms with Crippen LogP contribution < -0.4 is 19.1 Å². The van der Waals surface area contributed by atoms with Crippen LogP contribution in [0.1, 0.15) is 24.1 Å². The summed E-state index contributed by atoms with van der Waals surface area (Å²) in [6, 6.07) is 18.3. The minimum Gasteiger partial charge on any atom is -0.507 e. The predicted octanol–water partition coefficient (Wildman–Crippen LogP) is 5.34. The summed E-state index contributed by atoms with van der Waals surface area (Å²) in [4.78, 5) is 32.9. The summed E-state index contributed by atoms with van der Waals surface area (Å²) in [5.41, 5.74) is 1.63. The van der Waals surface area contributed by atoms with Gasteiger partial charge in [-0.15, -0.1) is 0 Å². The van der Waals surface area contributed by atoms with Crippen molar-refractivity contribution in [1.29, 1.82) is 0 Å². The van der Waals surface area contributed by atoms with Gasteiger partial charge in [0.05, 0.1) is 42.7 Å². The summed E-state index contributed by atoms with van der Waals surface area (Å²) in [7, 11) is 3.07. The lowest BCUT2D eigenvalue weighted by atomic mass is 9.95. The highest BCUT2D eigenvalue weighted by Gasteiger charge is 2.48. The van der Waals surface area contributed by atoms with Crippen LogP contribution in [-0.4, -0.2) is 42.6 Å². The third-order valence-corrected chi connectivity index (χ3v) is 7.10. The summed E-state index contributed by atoms with van der Waals surface area (Å²) in [5, 5.41) is 11.7. The molecule has 3 aromatic carbocycles. The Morgan fingerprint density at radius 2 is 1.70 bits per heavy atom. The maximum Gasteiger partial charge on any atom is 0.301 e. The normalized spacial score (nSPS) is 16.8. The molecule has 8 nitrogen and oxygen atoms in total. The lowest BCUT2D eigenvalue weighted by molar-refractivity contribution is -0.132. The number of carbonyl (C=O) groups excluding carboxylic acids is 2. The van der Waals surface area contributed by atoms with Crippen LogP contribution in [0.2, 0.25) is 0 Å². The highest BCUT2D eigenvalue weighted by Crippen LogP contribution is 2.45. The van der Waals surface area contributed by atoms with Crippen molar-refractivity contribution in [1.82, 2.24) is 4.98 Å². The smallest absolute Gasteiger partial charge is 0.301 e. The first-order valence-electron chi connectivity index (χ1n) is 11.6. The number of anilines is 1. The number of hydrogen-bond acceptors (Lipinski definition) is 8. The molecule has 0 radical (unpaired) electrons. The van der Waals surface area contributed by atoms with Crippen molar-refractivity contribution in [2.75, 3.05) is 25.7 Å². The number of nitrogens with zero attached hydrogens (tertiary/aromatic N) is 2. The molecule has 5 rings (SSSR count). The van der Waals surface area contributed by atoms with E-state index in [1.807, 2.05) is 25.1 Å². The summed E-state index contributed by atoms with van der Waals surface area (Å²) in [6.07, 6.45) is 0. The van der Waals surface area contributed by atoms with Crippen LogP contribution in [0.15, 0.2) is 72.3 Å². The van der Waals surface area contributed by atoms with Gasteiger partial charge in [0.15, 0.2) is 5.13 Å². The molecule has 1 atom stereocenters. The molecular weight excluding hydrogens is 492 g/mol. The third kappa shape index (κ3) is 4.38. The predicted molar refractivity (Wildman–Crippen MR) is 142 cm³/mol. The van der Waals surface area contributed by atoms with E-state index in [0.717, 1.165) is 4.70 Å². The van der Waals surface area contributed by atoms with E-state index in [0.29, 0.717) is 45.6 Å². The topological polar surface area (TPSA) is 98.2 Å². The minimum absolute atomic E-state index is 0.0299. The molecule has 188 valence electrons. The number of aliphatic hydroxyl groups is 1. The quantitative estimate of drug-likeness (QED) is 0.201. The molecule has 1 N–H and O–H groups in total. The van der Waals surface area contributed by atoms with Gasteiger partial charge in [-0.1, -0.05) is 35.6 Å². The molecule has 4 aromatic rings. The number of carbonyl (C=O) groups is 2. The van der Waals surface area contributed by atoms with E-state index in [2.05, 4.69) is 4.98 Å². The van der Waals surface area contributed by atoms with E-state index < -0.39 is 17.7 Å². The van der Waals surface area contributed by atoms with Crippen LogP contribution >= 0.6 is 11.3 Å². The van der Waals surface area contributed by atoms with Gasteiger partial charge in [-0.3, -0.25) is 14.5 Å². The Labute approximate surface area is 217 Å². The van der Waals surface area contributed by atoms with E-state index in [-0.39, 0.29) is 11.3 Å². The molecular formula is C28H24N2O6S. The van der Waals surface area contributed by atoms with Crippen LogP contribution in [0.3, 0.4) is 0 Å². The summed E-state index contributed by atoms with van der Waals surface area (Å²) in [5.74, 6) is -0.0328. The van der Waals surface area contributed by atoms with Crippen LogP contribution in [-0.2, 0) is 9.59 Å². The van der Waals surface area contributed by atoms with E-state index in [1.54, 1.807) is 55.6 Å². The molecule has 1 aliphatic rings. The Hall–Kier alpha value is -4.37. The second-order valence-electron chi connectivity index (χ2n) is 8.23. The SMILES string of the molecule is CCOc1ccc2nc(N3C(=O)C(=O)C(=C(O)c4cccc(OC)c4)C3c3ccc(OC)cc3)sc2c1. The molecule has 9 heteroatoms. The number of ether oxygens (including phenoxy) is 3. The van der Waals surface area contributed by atoms with Crippen molar-refractivity contribution < 1.29 is 28.9 Å². The first kappa shape index (κ1) is 24.3. The number of amides is 1. The van der Waals surface area contributed by atoms with Crippen molar-refractivity contribution in [3.63, 3.8) is 0 Å². The van der Waals surface area contributed by atoms with E-state index in [4.69, 9.17) is 14.2 Å². The van der Waals surface area contributed by atoms with Gasteiger partial charge in [-0.05, 0) is 55.0 Å². The average Bonchev–Trinajstić information content (AvgIpc) is 3.46. The number of benzene rings is 3. The van der Waals surface area contributed by atoms with Crippen molar-refractivity contribution in [2.24, 2.45) is 0 Å². The molecule has 1 aromatic heterocycles. The Morgan fingerprint density at radius 1 is 0.973 bits per heavy atom. The molecule has 2 heterocycles. The molecule has 0 spiro atoms. The van der Waals surface area contributed by atoms with Gasteiger partial charge in [0.25, 0.3) is 5.78 Å². The number of hydrogen-bond donors (Lipinski definition) is 1. The zero-order valence-corrected chi connectivity index (χ0v) is 21.2. The van der Waals surface area contributed by atoms with Gasteiger partial charge < -0.3 is 19.3 Å². The lowest BCUT2D eigenvalue weighted by Crippen LogP contribution is -2.29. The van der Waals surface area contributed by atoms with Crippen molar-refractivity contribution in [3.8, 4) is 17.2 Å². The highest BCUT2D eigenvalue weighted by atomic mass is 32.1. The zero-order valence-electron chi connectivity index (χ0n) is 20.4. The summed E-state index contributed by atoms with van der Waals surface area (Å²) in [6.45, 7) is 2.42. The van der Waals surface area contributed by atoms with Gasteiger partial charge in [-0.2, -0.15) is 0 Å². The minimum atomic E-state index is -0.899. The van der Waals surface area contributed by atoms with E-state index >= 15 is 0 Å². The van der Waals surface area contributed by atoms with Gasteiger partial charge >= 0.3 is 5.91 Å². The fourth-order valence-corrected chi connectivity index (χ4v) is 5.33. The first-order valence-corrected chi connectivity index (χ1v) is 12.4. The monoisotopic (exact) mass is 516 g/mol. The lowest BCUT2D eigenvalue weighted by Gasteiger charge is -2.23. The first-order chi connectivity index (χ1) is 17.9. The van der Waals surface area contributed by atoms with Crippen LogP contribution in [0.4, 0.5) is 5.13 Å². The summed E-state index contributed by atoms with van der Waals surface area (Å²) < 4.78 is 17.0. The number of fused-ring (bicyclic) bond motifs is 1. The van der Waals surface area contributed by atoms with E-state index in [9.17, 15) is 14.7 Å². The van der Waals surface area contributed by atoms with Crippen molar-refractivity contribution in [2.45, 2.75) is 13.0 Å². The number of aliphatic hydroxyl groups excluding tert-OH is 1. The molecule has 1 unspecified atom stereocenters. The molecule has 0 saturated carbocycles.